The van der Waals surface area contributed by atoms with E-state index in [0.717, 1.165) is 11.1 Å². The molecule has 1 aromatic carbocycles. The maximum atomic E-state index is 12.6. The molecule has 0 aliphatic carbocycles. The van der Waals surface area contributed by atoms with Gasteiger partial charge in [0.1, 0.15) is 5.92 Å². The minimum absolute atomic E-state index is 0.206. The van der Waals surface area contributed by atoms with E-state index in [4.69, 9.17) is 4.74 Å². The van der Waals surface area contributed by atoms with Crippen LogP contribution in [0.25, 0.3) is 0 Å². The number of carbonyl (C=O) groups is 1. The zero-order valence-corrected chi connectivity index (χ0v) is 13.7. The van der Waals surface area contributed by atoms with Crippen molar-refractivity contribution in [2.24, 2.45) is 5.92 Å². The van der Waals surface area contributed by atoms with E-state index in [9.17, 15) is 13.2 Å². The minimum Gasteiger partial charge on any atom is -0.466 e. The number of esters is 1. The standard InChI is InChI=1S/C14H21N3O4S/c1-4-21-14(18)11-8-15-16-13(11)22(19,20)17-12-7-9(2)5-6-10(12)3/h5-7,11,13,15-17H,4,8H2,1-3H3. The number of benzene rings is 1. The third-order valence-electron chi connectivity index (χ3n) is 3.50. The molecule has 0 spiro atoms. The quantitative estimate of drug-likeness (QED) is 0.688. The van der Waals surface area contributed by atoms with Crippen molar-refractivity contribution in [3.05, 3.63) is 29.3 Å². The molecule has 2 rings (SSSR count). The number of carbonyl (C=O) groups excluding carboxylic acids is 1. The maximum absolute atomic E-state index is 12.6. The first-order valence-electron chi connectivity index (χ1n) is 7.09. The fourth-order valence-electron chi connectivity index (χ4n) is 2.29. The fraction of sp³-hybridized carbons (Fsp3) is 0.500. The highest BCUT2D eigenvalue weighted by atomic mass is 32.2. The summed E-state index contributed by atoms with van der Waals surface area (Å²) in [6, 6.07) is 5.51. The van der Waals surface area contributed by atoms with Crippen LogP contribution in [0.15, 0.2) is 18.2 Å². The number of anilines is 1. The molecule has 1 aliphatic heterocycles. The maximum Gasteiger partial charge on any atom is 0.313 e. The van der Waals surface area contributed by atoms with Crippen LogP contribution < -0.4 is 15.6 Å². The first-order valence-corrected chi connectivity index (χ1v) is 8.63. The van der Waals surface area contributed by atoms with Gasteiger partial charge >= 0.3 is 5.97 Å². The Labute approximate surface area is 130 Å². The number of ether oxygens (including phenoxy) is 1. The molecule has 1 aromatic rings. The van der Waals surface area contributed by atoms with Crippen LogP contribution in [-0.4, -0.2) is 32.9 Å². The average molecular weight is 327 g/mol. The van der Waals surface area contributed by atoms with Crippen molar-refractivity contribution in [2.75, 3.05) is 17.9 Å². The lowest BCUT2D eigenvalue weighted by Crippen LogP contribution is -2.44. The molecule has 2 atom stereocenters. The minimum atomic E-state index is -3.79. The van der Waals surface area contributed by atoms with Gasteiger partial charge in [0.25, 0.3) is 10.0 Å². The van der Waals surface area contributed by atoms with Gasteiger partial charge in [-0.15, -0.1) is 0 Å². The van der Waals surface area contributed by atoms with Crippen LogP contribution in [0, 0.1) is 19.8 Å². The lowest BCUT2D eigenvalue weighted by Gasteiger charge is -2.19. The highest BCUT2D eigenvalue weighted by Gasteiger charge is 2.42. The van der Waals surface area contributed by atoms with Gasteiger partial charge in [0.15, 0.2) is 5.37 Å². The lowest BCUT2D eigenvalue weighted by molar-refractivity contribution is -0.147. The largest absolute Gasteiger partial charge is 0.466 e. The summed E-state index contributed by atoms with van der Waals surface area (Å²) < 4.78 is 32.6. The molecule has 122 valence electrons. The second kappa shape index (κ2) is 6.64. The molecule has 8 heteroatoms. The van der Waals surface area contributed by atoms with Crippen molar-refractivity contribution in [3.8, 4) is 0 Å². The number of hydrogen-bond acceptors (Lipinski definition) is 6. The summed E-state index contributed by atoms with van der Waals surface area (Å²) in [5.74, 6) is -1.32. The van der Waals surface area contributed by atoms with Crippen LogP contribution in [0.3, 0.4) is 0 Å². The van der Waals surface area contributed by atoms with Crippen LogP contribution in [-0.2, 0) is 19.6 Å². The van der Waals surface area contributed by atoms with Crippen molar-refractivity contribution < 1.29 is 17.9 Å². The van der Waals surface area contributed by atoms with E-state index in [0.29, 0.717) is 5.69 Å². The molecule has 1 fully saturated rings. The summed E-state index contributed by atoms with van der Waals surface area (Å²) in [7, 11) is -3.79. The van der Waals surface area contributed by atoms with E-state index < -0.39 is 27.3 Å². The predicted octanol–water partition coefficient (Wildman–Crippen LogP) is 0.658. The Kier molecular flexibility index (Phi) is 5.05. The Morgan fingerprint density at radius 1 is 1.41 bits per heavy atom. The van der Waals surface area contributed by atoms with E-state index in [1.807, 2.05) is 26.0 Å². The Balaban J connectivity index is 2.22. The van der Waals surface area contributed by atoms with Gasteiger partial charge in [0, 0.05) is 6.54 Å². The van der Waals surface area contributed by atoms with Crippen LogP contribution >= 0.6 is 0 Å². The number of rotatable bonds is 5. The van der Waals surface area contributed by atoms with E-state index in [1.165, 1.54) is 0 Å². The van der Waals surface area contributed by atoms with Gasteiger partial charge in [-0.25, -0.2) is 13.8 Å². The monoisotopic (exact) mass is 327 g/mol. The van der Waals surface area contributed by atoms with Crippen molar-refractivity contribution in [1.82, 2.24) is 10.9 Å². The Morgan fingerprint density at radius 3 is 2.82 bits per heavy atom. The van der Waals surface area contributed by atoms with Crippen LogP contribution in [0.4, 0.5) is 5.69 Å². The molecule has 1 heterocycles. The van der Waals surface area contributed by atoms with E-state index >= 15 is 0 Å². The highest BCUT2D eigenvalue weighted by Crippen LogP contribution is 2.22. The normalized spacial score (nSPS) is 21.6. The number of hydrogen-bond donors (Lipinski definition) is 3. The molecular formula is C14H21N3O4S. The summed E-state index contributed by atoms with van der Waals surface area (Å²) in [5, 5.41) is -1.08. The molecule has 0 aromatic heterocycles. The van der Waals surface area contributed by atoms with Crippen LogP contribution in [0.1, 0.15) is 18.1 Å². The molecule has 3 N–H and O–H groups in total. The van der Waals surface area contributed by atoms with Gasteiger partial charge in [-0.05, 0) is 38.0 Å². The molecule has 0 saturated carbocycles. The number of aryl methyl sites for hydroxylation is 2. The van der Waals surface area contributed by atoms with Gasteiger partial charge in [-0.2, -0.15) is 0 Å². The number of hydrazine groups is 1. The summed E-state index contributed by atoms with van der Waals surface area (Å²) in [6.45, 7) is 5.81. The molecular weight excluding hydrogens is 306 g/mol. The Morgan fingerprint density at radius 2 is 2.14 bits per heavy atom. The van der Waals surface area contributed by atoms with Gasteiger partial charge in [0.2, 0.25) is 0 Å². The highest BCUT2D eigenvalue weighted by molar-refractivity contribution is 7.93. The summed E-state index contributed by atoms with van der Waals surface area (Å²) in [6.07, 6.45) is 0. The van der Waals surface area contributed by atoms with Crippen molar-refractivity contribution in [1.29, 1.82) is 0 Å². The molecule has 0 bridgehead atoms. The van der Waals surface area contributed by atoms with Crippen LogP contribution in [0.2, 0.25) is 0 Å². The van der Waals surface area contributed by atoms with E-state index in [-0.39, 0.29) is 13.2 Å². The van der Waals surface area contributed by atoms with E-state index in [1.54, 1.807) is 13.0 Å². The van der Waals surface area contributed by atoms with Crippen molar-refractivity contribution >= 4 is 21.7 Å². The smallest absolute Gasteiger partial charge is 0.313 e. The predicted molar refractivity (Wildman–Crippen MR) is 83.5 cm³/mol. The summed E-state index contributed by atoms with van der Waals surface area (Å²) in [4.78, 5) is 11.9. The first kappa shape index (κ1) is 16.7. The van der Waals surface area contributed by atoms with Crippen molar-refractivity contribution in [3.63, 3.8) is 0 Å². The van der Waals surface area contributed by atoms with Gasteiger partial charge in [-0.1, -0.05) is 12.1 Å². The Bertz CT molecular complexity index is 660. The molecule has 0 radical (unpaired) electrons. The SMILES string of the molecule is CCOC(=O)C1CNNC1S(=O)(=O)Nc1cc(C)ccc1C. The molecule has 22 heavy (non-hydrogen) atoms. The fourth-order valence-corrected chi connectivity index (χ4v) is 3.82. The zero-order valence-electron chi connectivity index (χ0n) is 12.8. The number of sulfonamides is 1. The molecule has 2 unspecified atom stereocenters. The van der Waals surface area contributed by atoms with Gasteiger partial charge in [-0.3, -0.25) is 14.9 Å². The average Bonchev–Trinajstić information content (AvgIpc) is 2.93. The van der Waals surface area contributed by atoms with E-state index in [2.05, 4.69) is 15.6 Å². The van der Waals surface area contributed by atoms with Crippen molar-refractivity contribution in [2.45, 2.75) is 26.1 Å². The molecule has 7 nitrogen and oxygen atoms in total. The second-order valence-corrected chi connectivity index (χ2v) is 7.07. The van der Waals surface area contributed by atoms with Crippen LogP contribution in [0.5, 0.6) is 0 Å². The van der Waals surface area contributed by atoms with Gasteiger partial charge in [0.05, 0.1) is 12.3 Å². The third kappa shape index (κ3) is 3.57. The topological polar surface area (TPSA) is 96.5 Å². The lowest BCUT2D eigenvalue weighted by atomic mass is 10.1. The summed E-state index contributed by atoms with van der Waals surface area (Å²) in [5.41, 5.74) is 7.62. The number of nitrogens with one attached hydrogen (secondary N) is 3. The first-order chi connectivity index (χ1) is 10.3. The summed E-state index contributed by atoms with van der Waals surface area (Å²) >= 11 is 0. The second-order valence-electron chi connectivity index (χ2n) is 5.27. The third-order valence-corrected chi connectivity index (χ3v) is 5.12. The molecule has 0 amide bonds. The molecule has 1 saturated heterocycles. The molecule has 1 aliphatic rings. The zero-order chi connectivity index (χ0) is 16.3. The Hall–Kier alpha value is -1.64. The van der Waals surface area contributed by atoms with Gasteiger partial charge < -0.3 is 4.74 Å².